The standard InChI is InChI=1S/C20H16O4/c21-17-8-6-16(7-9-17)20(22)24-19-12-10-18(11-13-19)23-14-15-4-2-1-3-5-15/h1-13,21H,14H2. The van der Waals surface area contributed by atoms with Gasteiger partial charge in [-0.25, -0.2) is 4.79 Å². The molecule has 24 heavy (non-hydrogen) atoms. The van der Waals surface area contributed by atoms with E-state index in [9.17, 15) is 9.90 Å². The highest BCUT2D eigenvalue weighted by Crippen LogP contribution is 2.20. The smallest absolute Gasteiger partial charge is 0.343 e. The Morgan fingerprint density at radius 3 is 2.08 bits per heavy atom. The van der Waals surface area contributed by atoms with E-state index in [1.54, 1.807) is 24.3 Å². The number of esters is 1. The van der Waals surface area contributed by atoms with Crippen LogP contribution in [0.1, 0.15) is 15.9 Å². The third kappa shape index (κ3) is 4.14. The minimum Gasteiger partial charge on any atom is -0.508 e. The van der Waals surface area contributed by atoms with Crippen molar-refractivity contribution in [3.63, 3.8) is 0 Å². The molecule has 0 saturated carbocycles. The van der Waals surface area contributed by atoms with Crippen molar-refractivity contribution in [2.45, 2.75) is 6.61 Å². The Kier molecular flexibility index (Phi) is 4.77. The number of hydrogen-bond acceptors (Lipinski definition) is 4. The zero-order valence-electron chi connectivity index (χ0n) is 12.9. The quantitative estimate of drug-likeness (QED) is 0.566. The van der Waals surface area contributed by atoms with Gasteiger partial charge in [-0.2, -0.15) is 0 Å². The summed E-state index contributed by atoms with van der Waals surface area (Å²) in [4.78, 5) is 12.0. The van der Waals surface area contributed by atoms with Crippen LogP contribution >= 0.6 is 0 Å². The SMILES string of the molecule is O=C(Oc1ccc(OCc2ccccc2)cc1)c1ccc(O)cc1. The van der Waals surface area contributed by atoms with Crippen molar-refractivity contribution in [3.05, 3.63) is 90.0 Å². The Labute approximate surface area is 139 Å². The number of carbonyl (C=O) groups excluding carboxylic acids is 1. The molecule has 0 spiro atoms. The molecule has 0 fully saturated rings. The summed E-state index contributed by atoms with van der Waals surface area (Å²) in [6, 6.07) is 22.6. The molecular weight excluding hydrogens is 304 g/mol. The van der Waals surface area contributed by atoms with E-state index in [2.05, 4.69) is 0 Å². The van der Waals surface area contributed by atoms with Crippen molar-refractivity contribution in [2.24, 2.45) is 0 Å². The fourth-order valence-corrected chi connectivity index (χ4v) is 2.11. The average Bonchev–Trinajstić information content (AvgIpc) is 2.62. The van der Waals surface area contributed by atoms with Gasteiger partial charge in [0.05, 0.1) is 5.56 Å². The fraction of sp³-hybridized carbons (Fsp3) is 0.0500. The number of aromatic hydroxyl groups is 1. The summed E-state index contributed by atoms with van der Waals surface area (Å²) in [6.07, 6.45) is 0. The predicted molar refractivity (Wildman–Crippen MR) is 90.3 cm³/mol. The summed E-state index contributed by atoms with van der Waals surface area (Å²) in [6.45, 7) is 0.480. The highest BCUT2D eigenvalue weighted by molar-refractivity contribution is 5.91. The van der Waals surface area contributed by atoms with Gasteiger partial charge < -0.3 is 14.6 Å². The van der Waals surface area contributed by atoms with Crippen LogP contribution in [-0.4, -0.2) is 11.1 Å². The van der Waals surface area contributed by atoms with E-state index in [4.69, 9.17) is 9.47 Å². The van der Waals surface area contributed by atoms with Gasteiger partial charge in [0, 0.05) is 0 Å². The first kappa shape index (κ1) is 15.6. The molecule has 1 N–H and O–H groups in total. The van der Waals surface area contributed by atoms with Crippen LogP contribution in [0, 0.1) is 0 Å². The summed E-state index contributed by atoms with van der Waals surface area (Å²) >= 11 is 0. The Hall–Kier alpha value is -3.27. The van der Waals surface area contributed by atoms with Crippen LogP contribution in [0.4, 0.5) is 0 Å². The normalized spacial score (nSPS) is 10.2. The Balaban J connectivity index is 1.58. The minimum absolute atomic E-state index is 0.103. The van der Waals surface area contributed by atoms with Crippen LogP contribution < -0.4 is 9.47 Å². The first-order valence-corrected chi connectivity index (χ1v) is 7.49. The first-order chi connectivity index (χ1) is 11.7. The van der Waals surface area contributed by atoms with E-state index in [1.807, 2.05) is 30.3 Å². The summed E-state index contributed by atoms with van der Waals surface area (Å²) in [7, 11) is 0. The summed E-state index contributed by atoms with van der Waals surface area (Å²) in [5.41, 5.74) is 1.46. The lowest BCUT2D eigenvalue weighted by Crippen LogP contribution is -2.08. The number of phenols is 1. The molecule has 0 aliphatic rings. The molecule has 0 aliphatic carbocycles. The fourth-order valence-electron chi connectivity index (χ4n) is 2.11. The summed E-state index contributed by atoms with van der Waals surface area (Å²) < 4.78 is 11.0. The van der Waals surface area contributed by atoms with Gasteiger partial charge in [-0.3, -0.25) is 0 Å². The molecule has 0 heterocycles. The summed E-state index contributed by atoms with van der Waals surface area (Å²) in [5.74, 6) is 0.753. The van der Waals surface area contributed by atoms with Crippen LogP contribution in [0.2, 0.25) is 0 Å². The van der Waals surface area contributed by atoms with E-state index in [1.165, 1.54) is 24.3 Å². The van der Waals surface area contributed by atoms with Crippen molar-refractivity contribution >= 4 is 5.97 Å². The number of carbonyl (C=O) groups is 1. The van der Waals surface area contributed by atoms with Crippen molar-refractivity contribution in [2.75, 3.05) is 0 Å². The lowest BCUT2D eigenvalue weighted by molar-refractivity contribution is 0.0734. The molecule has 4 heteroatoms. The van der Waals surface area contributed by atoms with Gasteiger partial charge in [-0.05, 0) is 54.1 Å². The minimum atomic E-state index is -0.479. The molecule has 4 nitrogen and oxygen atoms in total. The highest BCUT2D eigenvalue weighted by atomic mass is 16.5. The second-order valence-corrected chi connectivity index (χ2v) is 5.18. The van der Waals surface area contributed by atoms with Gasteiger partial charge in [0.1, 0.15) is 23.9 Å². The third-order valence-electron chi connectivity index (χ3n) is 3.39. The van der Waals surface area contributed by atoms with Crippen molar-refractivity contribution in [1.82, 2.24) is 0 Å². The van der Waals surface area contributed by atoms with Crippen LogP contribution in [0.25, 0.3) is 0 Å². The van der Waals surface area contributed by atoms with E-state index in [0.717, 1.165) is 5.56 Å². The van der Waals surface area contributed by atoms with E-state index in [-0.39, 0.29) is 5.75 Å². The van der Waals surface area contributed by atoms with Crippen molar-refractivity contribution < 1.29 is 19.4 Å². The second kappa shape index (κ2) is 7.33. The molecule has 0 saturated heterocycles. The van der Waals surface area contributed by atoms with E-state index < -0.39 is 5.97 Å². The molecule has 0 bridgehead atoms. The average molecular weight is 320 g/mol. The van der Waals surface area contributed by atoms with Gasteiger partial charge >= 0.3 is 5.97 Å². The maximum atomic E-state index is 12.0. The van der Waals surface area contributed by atoms with E-state index in [0.29, 0.717) is 23.7 Å². The van der Waals surface area contributed by atoms with E-state index >= 15 is 0 Å². The maximum Gasteiger partial charge on any atom is 0.343 e. The number of phenolic OH excluding ortho intramolecular Hbond substituents is 1. The van der Waals surface area contributed by atoms with Crippen molar-refractivity contribution in [1.29, 1.82) is 0 Å². The predicted octanol–water partition coefficient (Wildman–Crippen LogP) is 4.19. The zero-order chi connectivity index (χ0) is 16.8. The third-order valence-corrected chi connectivity index (χ3v) is 3.39. The van der Waals surface area contributed by atoms with Crippen LogP contribution in [0.5, 0.6) is 17.2 Å². The molecule has 3 aromatic carbocycles. The Morgan fingerprint density at radius 1 is 0.792 bits per heavy atom. The number of rotatable bonds is 5. The molecule has 0 amide bonds. The van der Waals surface area contributed by atoms with Gasteiger partial charge in [0.15, 0.2) is 0 Å². The van der Waals surface area contributed by atoms with Gasteiger partial charge in [0.25, 0.3) is 0 Å². The molecule has 0 aliphatic heterocycles. The monoisotopic (exact) mass is 320 g/mol. The highest BCUT2D eigenvalue weighted by Gasteiger charge is 2.08. The number of ether oxygens (including phenoxy) is 2. The van der Waals surface area contributed by atoms with Crippen LogP contribution in [0.3, 0.4) is 0 Å². The van der Waals surface area contributed by atoms with Gasteiger partial charge in [-0.15, -0.1) is 0 Å². The molecule has 0 aromatic heterocycles. The zero-order valence-corrected chi connectivity index (χ0v) is 12.9. The molecular formula is C20H16O4. The van der Waals surface area contributed by atoms with Gasteiger partial charge in [-0.1, -0.05) is 30.3 Å². The molecule has 0 atom stereocenters. The Bertz CT molecular complexity index is 793. The molecule has 3 rings (SSSR count). The topological polar surface area (TPSA) is 55.8 Å². The molecule has 3 aromatic rings. The van der Waals surface area contributed by atoms with Gasteiger partial charge in [0.2, 0.25) is 0 Å². The molecule has 0 radical (unpaired) electrons. The number of hydrogen-bond donors (Lipinski definition) is 1. The maximum absolute atomic E-state index is 12.0. The first-order valence-electron chi connectivity index (χ1n) is 7.49. The van der Waals surface area contributed by atoms with Crippen LogP contribution in [-0.2, 0) is 6.61 Å². The second-order valence-electron chi connectivity index (χ2n) is 5.18. The Morgan fingerprint density at radius 2 is 1.42 bits per heavy atom. The van der Waals surface area contributed by atoms with Crippen molar-refractivity contribution in [3.8, 4) is 17.2 Å². The molecule has 0 unspecified atom stereocenters. The lowest BCUT2D eigenvalue weighted by atomic mass is 10.2. The van der Waals surface area contributed by atoms with Crippen LogP contribution in [0.15, 0.2) is 78.9 Å². The number of benzene rings is 3. The largest absolute Gasteiger partial charge is 0.508 e. The lowest BCUT2D eigenvalue weighted by Gasteiger charge is -2.08. The molecule has 120 valence electrons. The summed E-state index contributed by atoms with van der Waals surface area (Å²) in [5, 5.41) is 9.23.